The Bertz CT molecular complexity index is 1100. The van der Waals surface area contributed by atoms with Crippen LogP contribution in [-0.2, 0) is 22.7 Å². The first-order chi connectivity index (χ1) is 16.5. The number of benzene rings is 3. The number of ether oxygens (including phenoxy) is 2. The fourth-order valence-corrected chi connectivity index (χ4v) is 4.60. The quantitative estimate of drug-likeness (QED) is 0.335. The molecule has 1 fully saturated rings. The van der Waals surface area contributed by atoms with E-state index in [1.807, 2.05) is 44.2 Å². The largest absolute Gasteiger partial charge is 0.377 e. The summed E-state index contributed by atoms with van der Waals surface area (Å²) in [7, 11) is 0. The molecule has 0 radical (unpaired) electrons. The van der Waals surface area contributed by atoms with Gasteiger partial charge in [-0.25, -0.2) is 13.2 Å². The number of hydrogen-bond acceptors (Lipinski definition) is 2. The highest BCUT2D eigenvalue weighted by Crippen LogP contribution is 2.38. The average molecular weight is 469 g/mol. The molecule has 0 saturated heterocycles. The molecule has 1 aliphatic rings. The van der Waals surface area contributed by atoms with Gasteiger partial charge in [-0.15, -0.1) is 0 Å². The van der Waals surface area contributed by atoms with Crippen molar-refractivity contribution in [3.63, 3.8) is 0 Å². The molecule has 0 bridgehead atoms. The van der Waals surface area contributed by atoms with Gasteiger partial charge < -0.3 is 9.47 Å². The summed E-state index contributed by atoms with van der Waals surface area (Å²) in [5.41, 5.74) is 3.77. The lowest BCUT2D eigenvalue weighted by atomic mass is 9.82. The van der Waals surface area contributed by atoms with Gasteiger partial charge in [-0.1, -0.05) is 54.1 Å². The van der Waals surface area contributed by atoms with Crippen LogP contribution >= 0.6 is 0 Å². The first-order valence-corrected chi connectivity index (χ1v) is 12.0. The van der Waals surface area contributed by atoms with Crippen molar-refractivity contribution >= 4 is 0 Å². The van der Waals surface area contributed by atoms with Crippen molar-refractivity contribution in [2.24, 2.45) is 0 Å². The zero-order chi connectivity index (χ0) is 24.1. The Hall–Kier alpha value is -2.63. The summed E-state index contributed by atoms with van der Waals surface area (Å²) >= 11 is 0. The van der Waals surface area contributed by atoms with Gasteiger partial charge in [0.05, 0.1) is 19.3 Å². The molecule has 0 amide bonds. The Morgan fingerprint density at radius 1 is 0.824 bits per heavy atom. The zero-order valence-electron chi connectivity index (χ0n) is 19.8. The molecule has 0 unspecified atom stereocenters. The molecule has 3 aromatic carbocycles. The summed E-state index contributed by atoms with van der Waals surface area (Å²) < 4.78 is 55.5. The van der Waals surface area contributed by atoms with E-state index in [2.05, 4.69) is 0 Å². The summed E-state index contributed by atoms with van der Waals surface area (Å²) in [5.74, 6) is -1.88. The van der Waals surface area contributed by atoms with Gasteiger partial charge in [-0.2, -0.15) is 0 Å². The first-order valence-electron chi connectivity index (χ1n) is 12.0. The Morgan fingerprint density at radius 2 is 1.56 bits per heavy atom. The molecule has 0 heterocycles. The third kappa shape index (κ3) is 5.70. The molecule has 3 aromatic rings. The topological polar surface area (TPSA) is 18.5 Å². The zero-order valence-corrected chi connectivity index (χ0v) is 19.8. The smallest absolute Gasteiger partial charge is 0.166 e. The SMILES string of the molecule is CCOCc1ccc(COC2CCC(c3ccc(-c4ccc(C)cc4)c(F)c3F)CC2)c(F)c1. The Kier molecular flexibility index (Phi) is 8.07. The van der Waals surface area contributed by atoms with Crippen LogP contribution in [-0.4, -0.2) is 12.7 Å². The lowest BCUT2D eigenvalue weighted by molar-refractivity contribution is 0.0118. The molecule has 5 heteroatoms. The second-order valence-corrected chi connectivity index (χ2v) is 9.04. The van der Waals surface area contributed by atoms with Crippen LogP contribution in [0.2, 0.25) is 0 Å². The minimum atomic E-state index is -0.789. The Labute approximate surface area is 199 Å². The van der Waals surface area contributed by atoms with Crippen LogP contribution in [0.4, 0.5) is 13.2 Å². The predicted molar refractivity (Wildman–Crippen MR) is 128 cm³/mol. The van der Waals surface area contributed by atoms with Gasteiger partial charge >= 0.3 is 0 Å². The Balaban J connectivity index is 1.34. The molecule has 2 nitrogen and oxygen atoms in total. The molecule has 1 saturated carbocycles. The number of halogens is 3. The second-order valence-electron chi connectivity index (χ2n) is 9.04. The van der Waals surface area contributed by atoms with E-state index in [1.54, 1.807) is 18.2 Å². The lowest BCUT2D eigenvalue weighted by Gasteiger charge is -2.29. The van der Waals surface area contributed by atoms with E-state index >= 15 is 0 Å². The fraction of sp³-hybridized carbons (Fsp3) is 0.379. The van der Waals surface area contributed by atoms with Gasteiger partial charge in [-0.05, 0) is 68.2 Å². The highest BCUT2D eigenvalue weighted by molar-refractivity contribution is 5.65. The predicted octanol–water partition coefficient (Wildman–Crippen LogP) is 7.86. The maximum absolute atomic E-state index is 15.0. The molecule has 1 aliphatic carbocycles. The van der Waals surface area contributed by atoms with E-state index in [1.165, 1.54) is 6.07 Å². The van der Waals surface area contributed by atoms with E-state index in [4.69, 9.17) is 9.47 Å². The highest BCUT2D eigenvalue weighted by atomic mass is 19.2. The lowest BCUT2D eigenvalue weighted by Crippen LogP contribution is -2.21. The third-order valence-electron chi connectivity index (χ3n) is 6.65. The Morgan fingerprint density at radius 3 is 2.24 bits per heavy atom. The van der Waals surface area contributed by atoms with Crippen LogP contribution in [0.25, 0.3) is 11.1 Å². The molecular formula is C29H31F3O2. The highest BCUT2D eigenvalue weighted by Gasteiger charge is 2.27. The van der Waals surface area contributed by atoms with E-state index in [0.717, 1.165) is 24.0 Å². The average Bonchev–Trinajstić information content (AvgIpc) is 2.85. The van der Waals surface area contributed by atoms with Crippen LogP contribution < -0.4 is 0 Å². The molecule has 0 spiro atoms. The summed E-state index contributed by atoms with van der Waals surface area (Å²) in [4.78, 5) is 0. The number of aryl methyl sites for hydroxylation is 1. The van der Waals surface area contributed by atoms with E-state index in [0.29, 0.717) is 42.7 Å². The van der Waals surface area contributed by atoms with Crippen molar-refractivity contribution in [2.75, 3.05) is 6.61 Å². The number of hydrogen-bond donors (Lipinski definition) is 0. The summed E-state index contributed by atoms with van der Waals surface area (Å²) in [6.07, 6.45) is 2.87. The van der Waals surface area contributed by atoms with Crippen LogP contribution in [0.1, 0.15) is 60.8 Å². The van der Waals surface area contributed by atoms with Crippen LogP contribution in [0.15, 0.2) is 54.6 Å². The van der Waals surface area contributed by atoms with E-state index in [-0.39, 0.29) is 30.0 Å². The van der Waals surface area contributed by atoms with Crippen molar-refractivity contribution in [1.82, 2.24) is 0 Å². The first kappa shape index (κ1) is 24.5. The third-order valence-corrected chi connectivity index (χ3v) is 6.65. The van der Waals surface area contributed by atoms with Gasteiger partial charge in [-0.3, -0.25) is 0 Å². The summed E-state index contributed by atoms with van der Waals surface area (Å²) in [6, 6.07) is 15.9. The molecule has 180 valence electrons. The molecule has 0 aliphatic heterocycles. The van der Waals surface area contributed by atoms with Crippen molar-refractivity contribution < 1.29 is 22.6 Å². The van der Waals surface area contributed by atoms with Gasteiger partial charge in [0.15, 0.2) is 11.6 Å². The minimum absolute atomic E-state index is 0.0153. The van der Waals surface area contributed by atoms with Gasteiger partial charge in [0.2, 0.25) is 0 Å². The molecule has 0 aromatic heterocycles. The van der Waals surface area contributed by atoms with Crippen molar-refractivity contribution in [2.45, 2.75) is 64.8 Å². The standard InChI is InChI=1S/C29H31F3O2/c1-3-33-17-20-6-9-23(27(30)16-20)18-34-24-12-10-22(11-13-24)26-15-14-25(28(31)29(26)32)21-7-4-19(2)5-8-21/h4-9,14-16,22,24H,3,10-13,17-18H2,1-2H3. The van der Waals surface area contributed by atoms with Crippen LogP contribution in [0.3, 0.4) is 0 Å². The van der Waals surface area contributed by atoms with Crippen LogP contribution in [0.5, 0.6) is 0 Å². The van der Waals surface area contributed by atoms with Crippen molar-refractivity contribution in [3.05, 3.63) is 94.3 Å². The monoisotopic (exact) mass is 468 g/mol. The molecule has 4 rings (SSSR count). The normalized spacial score (nSPS) is 18.3. The van der Waals surface area contributed by atoms with E-state index in [9.17, 15) is 13.2 Å². The maximum Gasteiger partial charge on any atom is 0.166 e. The van der Waals surface area contributed by atoms with Gasteiger partial charge in [0.25, 0.3) is 0 Å². The summed E-state index contributed by atoms with van der Waals surface area (Å²) in [5, 5.41) is 0. The maximum atomic E-state index is 15.0. The van der Waals surface area contributed by atoms with Gasteiger partial charge in [0, 0.05) is 17.7 Å². The molecule has 34 heavy (non-hydrogen) atoms. The van der Waals surface area contributed by atoms with Crippen LogP contribution in [0, 0.1) is 24.4 Å². The van der Waals surface area contributed by atoms with Crippen molar-refractivity contribution in [1.29, 1.82) is 0 Å². The summed E-state index contributed by atoms with van der Waals surface area (Å²) in [6.45, 7) is 5.04. The van der Waals surface area contributed by atoms with Crippen molar-refractivity contribution in [3.8, 4) is 11.1 Å². The molecule has 0 atom stereocenters. The minimum Gasteiger partial charge on any atom is -0.377 e. The second kappa shape index (κ2) is 11.2. The fourth-order valence-electron chi connectivity index (χ4n) is 4.60. The van der Waals surface area contributed by atoms with E-state index < -0.39 is 11.6 Å². The molecule has 0 N–H and O–H groups in total. The molecular weight excluding hydrogens is 437 g/mol. The van der Waals surface area contributed by atoms with Gasteiger partial charge in [0.1, 0.15) is 5.82 Å². The number of rotatable bonds is 8.